The van der Waals surface area contributed by atoms with Gasteiger partial charge in [-0.05, 0) is 26.2 Å². The topological polar surface area (TPSA) is 48.1 Å². The van der Waals surface area contributed by atoms with Gasteiger partial charge in [0.2, 0.25) is 0 Å². The minimum Gasteiger partial charge on any atom is -0.371 e. The van der Waals surface area contributed by atoms with Gasteiger partial charge in [-0.25, -0.2) is 4.98 Å². The van der Waals surface area contributed by atoms with Crippen molar-refractivity contribution in [1.82, 2.24) is 4.98 Å². The average Bonchev–Trinajstić information content (AvgIpc) is 2.97. The molecule has 4 heteroatoms. The molecule has 1 aliphatic rings. The molecule has 1 unspecified atom stereocenters. The lowest BCUT2D eigenvalue weighted by atomic mass is 9.95. The third-order valence-electron chi connectivity index (χ3n) is 4.09. The predicted molar refractivity (Wildman–Crippen MR) is 71.1 cm³/mol. The Bertz CT molecular complexity index is 360. The molecule has 2 N–H and O–H groups in total. The zero-order valence-corrected chi connectivity index (χ0v) is 11.8. The summed E-state index contributed by atoms with van der Waals surface area (Å²) in [5, 5.41) is 3.17. The van der Waals surface area contributed by atoms with E-state index in [0.29, 0.717) is 0 Å². The number of hydrogen-bond acceptors (Lipinski definition) is 4. The quantitative estimate of drug-likeness (QED) is 0.898. The summed E-state index contributed by atoms with van der Waals surface area (Å²) in [7, 11) is 1.75. The molecule has 0 saturated heterocycles. The van der Waals surface area contributed by atoms with E-state index in [1.165, 1.54) is 12.8 Å². The van der Waals surface area contributed by atoms with Crippen LogP contribution in [-0.2, 0) is 15.9 Å². The van der Waals surface area contributed by atoms with Crippen LogP contribution in [0.4, 0.5) is 0 Å². The molecular weight excluding hydrogens is 232 g/mol. The molecule has 0 aromatic carbocycles. The van der Waals surface area contributed by atoms with Gasteiger partial charge in [-0.3, -0.25) is 0 Å². The molecule has 96 valence electrons. The van der Waals surface area contributed by atoms with E-state index in [-0.39, 0.29) is 11.1 Å². The Balaban J connectivity index is 2.27. The molecule has 3 nitrogen and oxygen atoms in total. The van der Waals surface area contributed by atoms with Gasteiger partial charge in [0.1, 0.15) is 10.6 Å². The van der Waals surface area contributed by atoms with Crippen molar-refractivity contribution in [3.05, 3.63) is 16.1 Å². The summed E-state index contributed by atoms with van der Waals surface area (Å²) in [6.07, 6.45) is 5.49. The number of nitrogens with zero attached hydrogens (tertiary/aromatic N) is 1. The van der Waals surface area contributed by atoms with E-state index in [1.807, 2.05) is 0 Å². The van der Waals surface area contributed by atoms with Crippen molar-refractivity contribution in [2.75, 3.05) is 7.11 Å². The van der Waals surface area contributed by atoms with Crippen molar-refractivity contribution in [2.24, 2.45) is 5.73 Å². The fraction of sp³-hybridized carbons (Fsp3) is 0.769. The van der Waals surface area contributed by atoms with Gasteiger partial charge in [0.05, 0.1) is 11.2 Å². The van der Waals surface area contributed by atoms with Gasteiger partial charge in [-0.15, -0.1) is 11.3 Å². The summed E-state index contributed by atoms with van der Waals surface area (Å²) < 4.78 is 5.59. The van der Waals surface area contributed by atoms with Gasteiger partial charge in [-0.2, -0.15) is 0 Å². The summed E-state index contributed by atoms with van der Waals surface area (Å²) in [4.78, 5) is 4.75. The Kier molecular flexibility index (Phi) is 3.57. The average molecular weight is 254 g/mol. The molecule has 1 atom stereocenters. The third kappa shape index (κ3) is 2.26. The number of nitrogens with two attached hydrogens (primary N) is 1. The van der Waals surface area contributed by atoms with Gasteiger partial charge in [0.15, 0.2) is 0 Å². The second-order valence-electron chi connectivity index (χ2n) is 5.19. The van der Waals surface area contributed by atoms with Crippen LogP contribution in [0, 0.1) is 0 Å². The maximum absolute atomic E-state index is 6.42. The lowest BCUT2D eigenvalue weighted by Crippen LogP contribution is -2.34. The highest BCUT2D eigenvalue weighted by Crippen LogP contribution is 2.39. The second kappa shape index (κ2) is 4.67. The maximum Gasteiger partial charge on any atom is 0.125 e. The molecule has 0 radical (unpaired) electrons. The highest BCUT2D eigenvalue weighted by molar-refractivity contribution is 7.09. The first-order valence-electron chi connectivity index (χ1n) is 6.34. The maximum atomic E-state index is 6.42. The van der Waals surface area contributed by atoms with Crippen LogP contribution >= 0.6 is 11.3 Å². The molecule has 1 aromatic heterocycles. The largest absolute Gasteiger partial charge is 0.371 e. The van der Waals surface area contributed by atoms with E-state index in [4.69, 9.17) is 15.5 Å². The molecule has 0 bridgehead atoms. The number of methoxy groups -OCH3 is 1. The Labute approximate surface area is 107 Å². The normalized spacial score (nSPS) is 22.6. The number of ether oxygens (including phenoxy) is 1. The summed E-state index contributed by atoms with van der Waals surface area (Å²) in [6, 6.07) is 0. The van der Waals surface area contributed by atoms with E-state index in [1.54, 1.807) is 18.4 Å². The lowest BCUT2D eigenvalue weighted by molar-refractivity contribution is -0.00178. The van der Waals surface area contributed by atoms with Crippen molar-refractivity contribution in [3.8, 4) is 0 Å². The van der Waals surface area contributed by atoms with E-state index < -0.39 is 0 Å². The van der Waals surface area contributed by atoms with E-state index in [0.717, 1.165) is 30.0 Å². The van der Waals surface area contributed by atoms with Crippen LogP contribution in [-0.4, -0.2) is 12.1 Å². The predicted octanol–water partition coefficient (Wildman–Crippen LogP) is 3.14. The highest BCUT2D eigenvalue weighted by Gasteiger charge is 2.36. The lowest BCUT2D eigenvalue weighted by Gasteiger charge is -2.25. The summed E-state index contributed by atoms with van der Waals surface area (Å²) in [6.45, 7) is 4.21. The van der Waals surface area contributed by atoms with Crippen LogP contribution in [0.5, 0.6) is 0 Å². The molecular formula is C13H22N2OS. The monoisotopic (exact) mass is 254 g/mol. The van der Waals surface area contributed by atoms with Gasteiger partial charge >= 0.3 is 0 Å². The zero-order chi connectivity index (χ0) is 12.5. The number of rotatable bonds is 4. The molecule has 1 aromatic rings. The van der Waals surface area contributed by atoms with E-state index in [2.05, 4.69) is 19.2 Å². The van der Waals surface area contributed by atoms with Crippen molar-refractivity contribution in [1.29, 1.82) is 0 Å². The Morgan fingerprint density at radius 3 is 2.71 bits per heavy atom. The summed E-state index contributed by atoms with van der Waals surface area (Å²) in [5.74, 6) is 0. The Morgan fingerprint density at radius 2 is 2.18 bits per heavy atom. The van der Waals surface area contributed by atoms with Gasteiger partial charge in [-0.1, -0.05) is 19.8 Å². The van der Waals surface area contributed by atoms with Crippen LogP contribution in [0.1, 0.15) is 56.7 Å². The molecule has 2 rings (SSSR count). The molecule has 1 fully saturated rings. The molecule has 1 saturated carbocycles. The standard InChI is InChI=1S/C13H22N2OS/c1-4-12(2,16-3)11-15-10(9-17-11)13(14)7-5-6-8-13/h9H,4-8,14H2,1-3H3. The second-order valence-corrected chi connectivity index (χ2v) is 6.05. The van der Waals surface area contributed by atoms with E-state index >= 15 is 0 Å². The zero-order valence-electron chi connectivity index (χ0n) is 11.0. The fourth-order valence-corrected chi connectivity index (χ4v) is 3.53. The van der Waals surface area contributed by atoms with Crippen LogP contribution < -0.4 is 5.73 Å². The highest BCUT2D eigenvalue weighted by atomic mass is 32.1. The van der Waals surface area contributed by atoms with E-state index in [9.17, 15) is 0 Å². The van der Waals surface area contributed by atoms with Crippen LogP contribution in [0.25, 0.3) is 0 Å². The SMILES string of the molecule is CCC(C)(OC)c1nc(C2(N)CCCC2)cs1. The van der Waals surface area contributed by atoms with Crippen molar-refractivity contribution < 1.29 is 4.74 Å². The van der Waals surface area contributed by atoms with Crippen molar-refractivity contribution >= 4 is 11.3 Å². The first-order valence-corrected chi connectivity index (χ1v) is 7.22. The van der Waals surface area contributed by atoms with Crippen LogP contribution in [0.3, 0.4) is 0 Å². The van der Waals surface area contributed by atoms with Gasteiger partial charge in [0.25, 0.3) is 0 Å². The molecule has 0 aliphatic heterocycles. The minimum atomic E-state index is -0.266. The molecule has 17 heavy (non-hydrogen) atoms. The smallest absolute Gasteiger partial charge is 0.125 e. The molecule has 1 heterocycles. The Hall–Kier alpha value is -0.450. The van der Waals surface area contributed by atoms with Crippen LogP contribution in [0.2, 0.25) is 0 Å². The number of aromatic nitrogens is 1. The molecule has 0 amide bonds. The number of hydrogen-bond donors (Lipinski definition) is 1. The Morgan fingerprint density at radius 1 is 1.53 bits per heavy atom. The van der Waals surface area contributed by atoms with Crippen LogP contribution in [0.15, 0.2) is 5.38 Å². The minimum absolute atomic E-state index is 0.183. The summed E-state index contributed by atoms with van der Waals surface area (Å²) >= 11 is 1.67. The summed E-state index contributed by atoms with van der Waals surface area (Å²) in [5.41, 5.74) is 7.04. The van der Waals surface area contributed by atoms with Gasteiger partial charge in [0, 0.05) is 12.5 Å². The van der Waals surface area contributed by atoms with Crippen molar-refractivity contribution in [3.63, 3.8) is 0 Å². The van der Waals surface area contributed by atoms with Gasteiger partial charge < -0.3 is 10.5 Å². The number of thiazole rings is 1. The first kappa shape index (κ1) is 13.0. The first-order chi connectivity index (χ1) is 8.04. The molecule has 0 spiro atoms. The third-order valence-corrected chi connectivity index (χ3v) is 5.18. The molecule has 1 aliphatic carbocycles. The van der Waals surface area contributed by atoms with Crippen molar-refractivity contribution in [2.45, 2.75) is 57.1 Å². The fourth-order valence-electron chi connectivity index (χ4n) is 2.39.